The molecule has 3 aromatic carbocycles. The van der Waals surface area contributed by atoms with Crippen LogP contribution in [-0.2, 0) is 28.5 Å². The number of carbonyl (C=O) groups is 2. The van der Waals surface area contributed by atoms with Gasteiger partial charge in [0, 0.05) is 47.6 Å². The largest absolute Gasteiger partial charge is 0.488 e. The highest BCUT2D eigenvalue weighted by molar-refractivity contribution is 6.11. The van der Waals surface area contributed by atoms with E-state index in [1.807, 2.05) is 57.2 Å². The average Bonchev–Trinajstić information content (AvgIpc) is 3.09. The maximum Gasteiger partial charge on any atom is 0.306 e. The molecule has 8 heteroatoms. The minimum Gasteiger partial charge on any atom is -0.488 e. The minimum atomic E-state index is -0.541. The molecule has 0 fully saturated rings. The Labute approximate surface area is 294 Å². The SMILES string of the molecule is CCCCCCOCC(COc1c2ccccc2c(OCC(COCCCCCC)OC(=O)CCC)c2cc(C)ccc12)OC(=O)CCC. The molecule has 3 aromatic rings. The van der Waals surface area contributed by atoms with Crippen molar-refractivity contribution in [3.63, 3.8) is 0 Å². The third kappa shape index (κ3) is 13.8. The highest BCUT2D eigenvalue weighted by atomic mass is 16.6. The topological polar surface area (TPSA) is 89.5 Å². The fourth-order valence-electron chi connectivity index (χ4n) is 5.70. The van der Waals surface area contributed by atoms with Gasteiger partial charge in [-0.2, -0.15) is 0 Å². The first-order valence-corrected chi connectivity index (χ1v) is 18.7. The van der Waals surface area contributed by atoms with E-state index in [9.17, 15) is 9.59 Å². The van der Waals surface area contributed by atoms with E-state index in [1.54, 1.807) is 0 Å². The molecule has 2 atom stereocenters. The van der Waals surface area contributed by atoms with Crippen molar-refractivity contribution < 1.29 is 38.0 Å². The summed E-state index contributed by atoms with van der Waals surface area (Å²) >= 11 is 0. The van der Waals surface area contributed by atoms with Gasteiger partial charge in [0.2, 0.25) is 0 Å². The van der Waals surface area contributed by atoms with Gasteiger partial charge in [-0.1, -0.05) is 108 Å². The van der Waals surface area contributed by atoms with E-state index in [1.165, 1.54) is 12.8 Å². The Hall–Kier alpha value is -3.36. The number of unbranched alkanes of at least 4 members (excludes halogenated alkanes) is 6. The highest BCUT2D eigenvalue weighted by Crippen LogP contribution is 2.43. The van der Waals surface area contributed by atoms with Crippen LogP contribution in [0.5, 0.6) is 11.5 Å². The summed E-state index contributed by atoms with van der Waals surface area (Å²) < 4.78 is 36.7. The minimum absolute atomic E-state index is 0.155. The lowest BCUT2D eigenvalue weighted by Gasteiger charge is -2.23. The van der Waals surface area contributed by atoms with Gasteiger partial charge in [-0.05, 0) is 38.7 Å². The van der Waals surface area contributed by atoms with Gasteiger partial charge in [0.15, 0.2) is 12.2 Å². The van der Waals surface area contributed by atoms with Crippen molar-refractivity contribution in [3.8, 4) is 11.5 Å². The molecule has 272 valence electrons. The molecule has 0 aliphatic rings. The molecule has 0 radical (unpaired) electrons. The number of rotatable bonds is 26. The molecule has 3 rings (SSSR count). The van der Waals surface area contributed by atoms with Crippen LogP contribution in [-0.4, -0.2) is 63.8 Å². The molecule has 49 heavy (non-hydrogen) atoms. The molecule has 2 unspecified atom stereocenters. The lowest BCUT2D eigenvalue weighted by molar-refractivity contribution is -0.155. The van der Waals surface area contributed by atoms with Gasteiger partial charge in [-0.25, -0.2) is 0 Å². The summed E-state index contributed by atoms with van der Waals surface area (Å²) in [6, 6.07) is 14.1. The number of aryl methyl sites for hydroxylation is 1. The van der Waals surface area contributed by atoms with E-state index in [2.05, 4.69) is 19.9 Å². The van der Waals surface area contributed by atoms with Crippen molar-refractivity contribution >= 4 is 33.5 Å². The average molecular weight is 681 g/mol. The Kier molecular flexibility index (Phi) is 18.9. The number of esters is 2. The predicted molar refractivity (Wildman–Crippen MR) is 197 cm³/mol. The molecule has 0 N–H and O–H groups in total. The van der Waals surface area contributed by atoms with Crippen LogP contribution >= 0.6 is 0 Å². The van der Waals surface area contributed by atoms with Gasteiger partial charge in [0.05, 0.1) is 13.2 Å². The van der Waals surface area contributed by atoms with Crippen molar-refractivity contribution in [2.24, 2.45) is 0 Å². The van der Waals surface area contributed by atoms with E-state index < -0.39 is 12.2 Å². The monoisotopic (exact) mass is 680 g/mol. The van der Waals surface area contributed by atoms with Gasteiger partial charge < -0.3 is 28.4 Å². The Bertz CT molecular complexity index is 1400. The maximum atomic E-state index is 12.5. The van der Waals surface area contributed by atoms with E-state index in [0.717, 1.165) is 65.6 Å². The van der Waals surface area contributed by atoms with Crippen LogP contribution in [0.15, 0.2) is 42.5 Å². The molecule has 0 spiro atoms. The second-order valence-electron chi connectivity index (χ2n) is 12.9. The second-order valence-corrected chi connectivity index (χ2v) is 12.9. The van der Waals surface area contributed by atoms with E-state index in [-0.39, 0.29) is 38.4 Å². The van der Waals surface area contributed by atoms with Crippen LogP contribution in [0.1, 0.15) is 110 Å². The number of hydrogen-bond acceptors (Lipinski definition) is 8. The van der Waals surface area contributed by atoms with Gasteiger partial charge in [0.1, 0.15) is 24.7 Å². The van der Waals surface area contributed by atoms with Crippen LogP contribution in [0.4, 0.5) is 0 Å². The molecular formula is C41H60O8. The van der Waals surface area contributed by atoms with E-state index in [4.69, 9.17) is 28.4 Å². The summed E-state index contributed by atoms with van der Waals surface area (Å²) in [6.45, 7) is 12.4. The van der Waals surface area contributed by atoms with Crippen LogP contribution < -0.4 is 9.47 Å². The van der Waals surface area contributed by atoms with Crippen LogP contribution in [0.3, 0.4) is 0 Å². The third-order valence-corrected chi connectivity index (χ3v) is 8.30. The highest BCUT2D eigenvalue weighted by Gasteiger charge is 2.22. The molecule has 0 bridgehead atoms. The first-order valence-electron chi connectivity index (χ1n) is 18.7. The molecule has 0 amide bonds. The number of hydrogen-bond donors (Lipinski definition) is 0. The summed E-state index contributed by atoms with van der Waals surface area (Å²) in [5.41, 5.74) is 1.07. The summed E-state index contributed by atoms with van der Waals surface area (Å²) in [7, 11) is 0. The normalized spacial score (nSPS) is 12.6. The Morgan fingerprint density at radius 2 is 1.02 bits per heavy atom. The summed E-state index contributed by atoms with van der Waals surface area (Å²) in [6.07, 6.45) is 9.92. The first-order chi connectivity index (χ1) is 23.9. The van der Waals surface area contributed by atoms with Crippen LogP contribution in [0, 0.1) is 6.92 Å². The van der Waals surface area contributed by atoms with Crippen molar-refractivity contribution in [3.05, 3.63) is 48.0 Å². The fraction of sp³-hybridized carbons (Fsp3) is 0.610. The lowest BCUT2D eigenvalue weighted by atomic mass is 9.99. The summed E-state index contributed by atoms with van der Waals surface area (Å²) in [5, 5.41) is 3.52. The second kappa shape index (κ2) is 23.1. The summed E-state index contributed by atoms with van der Waals surface area (Å²) in [5.74, 6) is 0.888. The van der Waals surface area contributed by atoms with Gasteiger partial charge >= 0.3 is 11.9 Å². The van der Waals surface area contributed by atoms with Crippen molar-refractivity contribution in [1.82, 2.24) is 0 Å². The fourth-order valence-corrected chi connectivity index (χ4v) is 5.70. The molecule has 0 heterocycles. The molecule has 0 aliphatic heterocycles. The zero-order valence-corrected chi connectivity index (χ0v) is 30.7. The van der Waals surface area contributed by atoms with Crippen molar-refractivity contribution in [1.29, 1.82) is 0 Å². The third-order valence-electron chi connectivity index (χ3n) is 8.30. The van der Waals surface area contributed by atoms with E-state index in [0.29, 0.717) is 50.4 Å². The Morgan fingerprint density at radius 3 is 1.49 bits per heavy atom. The molecule has 0 aromatic heterocycles. The summed E-state index contributed by atoms with van der Waals surface area (Å²) in [4.78, 5) is 25.0. The zero-order chi connectivity index (χ0) is 35.3. The number of carbonyl (C=O) groups excluding carboxylic acids is 2. The molecule has 0 saturated heterocycles. The van der Waals surface area contributed by atoms with Crippen molar-refractivity contribution in [2.45, 2.75) is 124 Å². The zero-order valence-electron chi connectivity index (χ0n) is 30.7. The molecule has 0 aliphatic carbocycles. The first kappa shape index (κ1) is 40.1. The quantitative estimate of drug-likeness (QED) is 0.0470. The molecule has 0 saturated carbocycles. The number of benzene rings is 3. The van der Waals surface area contributed by atoms with Crippen molar-refractivity contribution in [2.75, 3.05) is 39.6 Å². The van der Waals surface area contributed by atoms with Gasteiger partial charge in [-0.15, -0.1) is 0 Å². The van der Waals surface area contributed by atoms with Gasteiger partial charge in [0.25, 0.3) is 0 Å². The standard InChI is InChI=1S/C41H60O8/c1-6-10-12-16-24-44-27-32(48-38(42)18-8-3)29-46-40-34-20-14-15-21-35(34)41(37-26-31(5)22-23-36(37)40)47-30-33(49-39(43)19-9-4)28-45-25-17-13-11-7-2/h14-15,20-23,26,32-33H,6-13,16-19,24-25,27-30H2,1-5H3. The Morgan fingerprint density at radius 1 is 0.551 bits per heavy atom. The maximum absolute atomic E-state index is 12.5. The van der Waals surface area contributed by atoms with Crippen LogP contribution in [0.2, 0.25) is 0 Å². The van der Waals surface area contributed by atoms with E-state index >= 15 is 0 Å². The number of ether oxygens (including phenoxy) is 6. The van der Waals surface area contributed by atoms with Gasteiger partial charge in [-0.3, -0.25) is 9.59 Å². The Balaban J connectivity index is 1.87. The smallest absolute Gasteiger partial charge is 0.306 e. The van der Waals surface area contributed by atoms with Crippen LogP contribution in [0.25, 0.3) is 21.5 Å². The number of fused-ring (bicyclic) bond motifs is 2. The molecular weight excluding hydrogens is 620 g/mol. The molecule has 8 nitrogen and oxygen atoms in total. The predicted octanol–water partition coefficient (Wildman–Crippen LogP) is 9.68. The lowest BCUT2D eigenvalue weighted by Crippen LogP contribution is -2.30.